The average molecular weight is 309 g/mol. The zero-order chi connectivity index (χ0) is 13.1. The number of nitrogens with zero attached hydrogens (tertiary/aromatic N) is 2. The number of aromatic nitrogens is 1. The van der Waals surface area contributed by atoms with E-state index in [4.69, 9.17) is 0 Å². The third-order valence-corrected chi connectivity index (χ3v) is 2.93. The van der Waals surface area contributed by atoms with Gasteiger partial charge in [-0.3, -0.25) is 4.79 Å². The van der Waals surface area contributed by atoms with Crippen molar-refractivity contribution in [3.63, 3.8) is 0 Å². The fourth-order valence-corrected chi connectivity index (χ4v) is 1.93. The zero-order valence-electron chi connectivity index (χ0n) is 9.60. The van der Waals surface area contributed by atoms with Gasteiger partial charge in [0.1, 0.15) is 10.4 Å². The van der Waals surface area contributed by atoms with Gasteiger partial charge < -0.3 is 4.90 Å². The van der Waals surface area contributed by atoms with Gasteiger partial charge in [-0.1, -0.05) is 12.1 Å². The van der Waals surface area contributed by atoms with Crippen LogP contribution in [0.4, 0.5) is 10.1 Å². The maximum atomic E-state index is 13.6. The molecule has 0 saturated heterocycles. The van der Waals surface area contributed by atoms with Crippen molar-refractivity contribution in [3.05, 3.63) is 58.6 Å². The van der Waals surface area contributed by atoms with Gasteiger partial charge in [0.15, 0.2) is 0 Å². The molecule has 1 heterocycles. The van der Waals surface area contributed by atoms with Crippen LogP contribution >= 0.6 is 15.9 Å². The first-order valence-electron chi connectivity index (χ1n) is 5.24. The van der Waals surface area contributed by atoms with E-state index in [9.17, 15) is 9.18 Å². The number of carbonyl (C=O) groups is 1. The molecule has 1 aromatic heterocycles. The Labute approximate surface area is 112 Å². The molecule has 92 valence electrons. The van der Waals surface area contributed by atoms with Crippen LogP contribution in [0.2, 0.25) is 0 Å². The Morgan fingerprint density at radius 2 is 2.06 bits per heavy atom. The summed E-state index contributed by atoms with van der Waals surface area (Å²) in [5.74, 6) is -0.718. The number of pyridine rings is 1. The van der Waals surface area contributed by atoms with E-state index in [-0.39, 0.29) is 11.6 Å². The van der Waals surface area contributed by atoms with Gasteiger partial charge in [-0.2, -0.15) is 0 Å². The van der Waals surface area contributed by atoms with E-state index in [1.165, 1.54) is 24.2 Å². The molecular formula is C13H10BrFN2O. The summed E-state index contributed by atoms with van der Waals surface area (Å²) in [5, 5.41) is 0. The largest absolute Gasteiger partial charge is 0.309 e. The number of carbonyl (C=O) groups excluding carboxylic acids is 1. The third kappa shape index (κ3) is 2.56. The Balaban J connectivity index is 2.32. The Bertz CT molecular complexity index is 589. The molecule has 0 unspecified atom stereocenters. The van der Waals surface area contributed by atoms with Gasteiger partial charge >= 0.3 is 0 Å². The maximum Gasteiger partial charge on any atom is 0.258 e. The van der Waals surface area contributed by atoms with Crippen molar-refractivity contribution in [2.45, 2.75) is 0 Å². The van der Waals surface area contributed by atoms with Crippen LogP contribution in [0.5, 0.6) is 0 Å². The van der Waals surface area contributed by atoms with Gasteiger partial charge in [-0.25, -0.2) is 9.37 Å². The molecule has 5 heteroatoms. The summed E-state index contributed by atoms with van der Waals surface area (Å²) in [4.78, 5) is 17.4. The molecule has 0 spiro atoms. The van der Waals surface area contributed by atoms with Crippen molar-refractivity contribution < 1.29 is 9.18 Å². The number of hydrogen-bond donors (Lipinski definition) is 0. The maximum absolute atomic E-state index is 13.6. The highest BCUT2D eigenvalue weighted by Crippen LogP contribution is 2.20. The molecule has 0 radical (unpaired) electrons. The van der Waals surface area contributed by atoms with Crippen LogP contribution in [0.25, 0.3) is 0 Å². The Morgan fingerprint density at radius 3 is 2.72 bits per heavy atom. The van der Waals surface area contributed by atoms with Crippen molar-refractivity contribution in [2.24, 2.45) is 0 Å². The molecule has 0 aliphatic rings. The topological polar surface area (TPSA) is 33.2 Å². The third-order valence-electron chi connectivity index (χ3n) is 2.49. The minimum atomic E-state index is -0.429. The number of benzene rings is 1. The van der Waals surface area contributed by atoms with Gasteiger partial charge in [0, 0.05) is 18.8 Å². The van der Waals surface area contributed by atoms with E-state index in [0.29, 0.717) is 10.2 Å². The standard InChI is InChI=1S/C13H10BrFN2O/c1-17(11-5-3-2-4-10(11)15)13(18)9-6-7-16-12(14)8-9/h2-8H,1H3. The molecule has 1 aromatic carbocycles. The summed E-state index contributed by atoms with van der Waals surface area (Å²) in [6, 6.07) is 9.33. The minimum Gasteiger partial charge on any atom is -0.309 e. The zero-order valence-corrected chi connectivity index (χ0v) is 11.2. The lowest BCUT2D eigenvalue weighted by atomic mass is 10.2. The number of para-hydroxylation sites is 1. The quantitative estimate of drug-likeness (QED) is 0.798. The van der Waals surface area contributed by atoms with Crippen LogP contribution in [0.15, 0.2) is 47.2 Å². The predicted octanol–water partition coefficient (Wildman–Crippen LogP) is 3.26. The van der Waals surface area contributed by atoms with Gasteiger partial charge in [-0.15, -0.1) is 0 Å². The smallest absolute Gasteiger partial charge is 0.258 e. The van der Waals surface area contributed by atoms with E-state index in [1.807, 2.05) is 0 Å². The summed E-state index contributed by atoms with van der Waals surface area (Å²) in [5.41, 5.74) is 0.693. The number of rotatable bonds is 2. The van der Waals surface area contributed by atoms with Crippen LogP contribution in [0, 0.1) is 5.82 Å². The molecule has 0 bridgehead atoms. The van der Waals surface area contributed by atoms with Crippen LogP contribution in [0.3, 0.4) is 0 Å². The SMILES string of the molecule is CN(C(=O)c1ccnc(Br)c1)c1ccccc1F. The summed E-state index contributed by atoms with van der Waals surface area (Å²) in [7, 11) is 1.54. The average Bonchev–Trinajstić information content (AvgIpc) is 2.37. The first-order chi connectivity index (χ1) is 8.59. The second kappa shape index (κ2) is 5.27. The van der Waals surface area contributed by atoms with Crippen LogP contribution in [-0.2, 0) is 0 Å². The molecule has 3 nitrogen and oxygen atoms in total. The van der Waals surface area contributed by atoms with Crippen molar-refractivity contribution in [2.75, 3.05) is 11.9 Å². The highest BCUT2D eigenvalue weighted by molar-refractivity contribution is 9.10. The van der Waals surface area contributed by atoms with Gasteiger partial charge in [0.05, 0.1) is 5.69 Å². The molecule has 2 rings (SSSR count). The molecule has 0 atom stereocenters. The second-order valence-corrected chi connectivity index (χ2v) is 4.50. The van der Waals surface area contributed by atoms with Crippen LogP contribution in [-0.4, -0.2) is 17.9 Å². The van der Waals surface area contributed by atoms with Gasteiger partial charge in [0.2, 0.25) is 0 Å². The highest BCUT2D eigenvalue weighted by atomic mass is 79.9. The number of halogens is 2. The van der Waals surface area contributed by atoms with Crippen LogP contribution in [0.1, 0.15) is 10.4 Å². The lowest BCUT2D eigenvalue weighted by molar-refractivity contribution is 0.0992. The van der Waals surface area contributed by atoms with Gasteiger partial charge in [0.25, 0.3) is 5.91 Å². The highest BCUT2D eigenvalue weighted by Gasteiger charge is 2.16. The Kier molecular flexibility index (Phi) is 3.72. The number of amides is 1. The van der Waals surface area contributed by atoms with E-state index < -0.39 is 5.82 Å². The molecule has 0 fully saturated rings. The monoisotopic (exact) mass is 308 g/mol. The van der Waals surface area contributed by atoms with E-state index >= 15 is 0 Å². The van der Waals surface area contributed by atoms with Crippen molar-refractivity contribution >= 4 is 27.5 Å². The Morgan fingerprint density at radius 1 is 1.33 bits per heavy atom. The summed E-state index contributed by atoms with van der Waals surface area (Å²) in [6.45, 7) is 0. The molecule has 0 saturated carbocycles. The number of anilines is 1. The normalized spacial score (nSPS) is 10.2. The lowest BCUT2D eigenvalue weighted by Crippen LogP contribution is -2.27. The molecular weight excluding hydrogens is 299 g/mol. The van der Waals surface area contributed by atoms with Crippen LogP contribution < -0.4 is 4.90 Å². The predicted molar refractivity (Wildman–Crippen MR) is 71.1 cm³/mol. The number of hydrogen-bond acceptors (Lipinski definition) is 2. The molecule has 0 aliphatic carbocycles. The Hall–Kier alpha value is -1.75. The summed E-state index contributed by atoms with van der Waals surface area (Å²) in [6.07, 6.45) is 1.52. The molecule has 0 N–H and O–H groups in total. The molecule has 0 aliphatic heterocycles. The van der Waals surface area contributed by atoms with Crippen molar-refractivity contribution in [3.8, 4) is 0 Å². The molecule has 1 amide bonds. The first kappa shape index (κ1) is 12.7. The van der Waals surface area contributed by atoms with E-state index in [0.717, 1.165) is 0 Å². The fraction of sp³-hybridized carbons (Fsp3) is 0.0769. The van der Waals surface area contributed by atoms with Crippen molar-refractivity contribution in [1.29, 1.82) is 0 Å². The summed E-state index contributed by atoms with van der Waals surface area (Å²) < 4.78 is 14.1. The van der Waals surface area contributed by atoms with E-state index in [1.54, 1.807) is 30.3 Å². The first-order valence-corrected chi connectivity index (χ1v) is 6.03. The molecule has 18 heavy (non-hydrogen) atoms. The second-order valence-electron chi connectivity index (χ2n) is 3.68. The lowest BCUT2D eigenvalue weighted by Gasteiger charge is -2.17. The summed E-state index contributed by atoms with van der Waals surface area (Å²) >= 11 is 3.19. The molecule has 2 aromatic rings. The van der Waals surface area contributed by atoms with E-state index in [2.05, 4.69) is 20.9 Å². The van der Waals surface area contributed by atoms with Crippen molar-refractivity contribution in [1.82, 2.24) is 4.98 Å². The minimum absolute atomic E-state index is 0.246. The fourth-order valence-electron chi connectivity index (χ4n) is 1.56. The van der Waals surface area contributed by atoms with Gasteiger partial charge in [-0.05, 0) is 40.2 Å².